The van der Waals surface area contributed by atoms with E-state index in [9.17, 15) is 0 Å². The van der Waals surface area contributed by atoms with Gasteiger partial charge in [0, 0.05) is 0 Å². The number of hydrogen-bond acceptors (Lipinski definition) is 0. The van der Waals surface area contributed by atoms with E-state index in [1.165, 1.54) is 0 Å². The first kappa shape index (κ1) is 13.6. The fraction of sp³-hybridized carbons (Fsp3) is 1.00. The highest BCUT2D eigenvalue weighted by Gasteiger charge is 2.17. The third-order valence-electron chi connectivity index (χ3n) is 2.27. The van der Waals surface area contributed by atoms with Crippen LogP contribution in [0.1, 0.15) is 20.8 Å². The minimum absolute atomic E-state index is 0. The highest BCUT2D eigenvalue weighted by Crippen LogP contribution is 2.06. The van der Waals surface area contributed by atoms with Crippen LogP contribution in [0.3, 0.4) is 0 Å². The molecule has 0 saturated carbocycles. The van der Waals surface area contributed by atoms with Gasteiger partial charge < -0.3 is 28.5 Å². The van der Waals surface area contributed by atoms with Crippen LogP contribution in [0.2, 0.25) is 0 Å². The molecule has 0 bridgehead atoms. The predicted octanol–water partition coefficient (Wildman–Crippen LogP) is -0.937. The van der Waals surface area contributed by atoms with E-state index in [4.69, 9.17) is 11.6 Å². The first-order valence-electron chi connectivity index (χ1n) is 3.65. The Kier molecular flexibility index (Phi) is 9.05. The standard InChI is InChI=1S/C7H17ClN.HI/c1-4-9(5-2,6-3)7-8;/h4-7H2,1-3H3;1H/q+1;/p-1. The van der Waals surface area contributed by atoms with Crippen LogP contribution >= 0.6 is 11.6 Å². The number of alkyl halides is 1. The Morgan fingerprint density at radius 3 is 1.30 bits per heavy atom. The van der Waals surface area contributed by atoms with Crippen molar-refractivity contribution in [3.05, 3.63) is 0 Å². The van der Waals surface area contributed by atoms with Crippen LogP contribution in [0.4, 0.5) is 0 Å². The molecule has 0 rings (SSSR count). The summed E-state index contributed by atoms with van der Waals surface area (Å²) in [6.07, 6.45) is 0. The van der Waals surface area contributed by atoms with Crippen LogP contribution in [-0.4, -0.2) is 30.1 Å². The van der Waals surface area contributed by atoms with Crippen molar-refractivity contribution >= 4 is 11.6 Å². The van der Waals surface area contributed by atoms with Crippen LogP contribution in [0, 0.1) is 0 Å². The molecule has 10 heavy (non-hydrogen) atoms. The fourth-order valence-corrected chi connectivity index (χ4v) is 1.43. The summed E-state index contributed by atoms with van der Waals surface area (Å²) in [6.45, 7) is 10.0. The maximum atomic E-state index is 5.80. The van der Waals surface area contributed by atoms with Crippen molar-refractivity contribution in [3.8, 4) is 0 Å². The van der Waals surface area contributed by atoms with E-state index in [0.29, 0.717) is 0 Å². The Morgan fingerprint density at radius 2 is 1.30 bits per heavy atom. The summed E-state index contributed by atoms with van der Waals surface area (Å²) in [4.78, 5) is 0. The third-order valence-corrected chi connectivity index (χ3v) is 2.77. The molecule has 0 N–H and O–H groups in total. The Bertz CT molecular complexity index is 56.5. The number of rotatable bonds is 4. The molecule has 0 amide bonds. The molecule has 0 atom stereocenters. The number of quaternary nitrogens is 1. The van der Waals surface area contributed by atoms with Crippen LogP contribution in [0.5, 0.6) is 0 Å². The van der Waals surface area contributed by atoms with E-state index in [-0.39, 0.29) is 24.0 Å². The van der Waals surface area contributed by atoms with E-state index < -0.39 is 0 Å². The van der Waals surface area contributed by atoms with Crippen molar-refractivity contribution in [1.82, 2.24) is 0 Å². The maximum Gasteiger partial charge on any atom is 0.154 e. The second-order valence-electron chi connectivity index (χ2n) is 2.41. The van der Waals surface area contributed by atoms with Crippen molar-refractivity contribution < 1.29 is 28.5 Å². The monoisotopic (exact) mass is 277 g/mol. The second kappa shape index (κ2) is 6.68. The van der Waals surface area contributed by atoms with Crippen LogP contribution in [0.15, 0.2) is 0 Å². The second-order valence-corrected chi connectivity index (χ2v) is 2.65. The maximum absolute atomic E-state index is 5.80. The molecule has 0 aromatic heterocycles. The Hall–Kier alpha value is 0.980. The van der Waals surface area contributed by atoms with Gasteiger partial charge in [-0.2, -0.15) is 0 Å². The van der Waals surface area contributed by atoms with Crippen LogP contribution in [0.25, 0.3) is 0 Å². The van der Waals surface area contributed by atoms with E-state index in [2.05, 4.69) is 20.8 Å². The summed E-state index contributed by atoms with van der Waals surface area (Å²) in [5.41, 5.74) is 0. The average molecular weight is 278 g/mol. The highest BCUT2D eigenvalue weighted by atomic mass is 127. The van der Waals surface area contributed by atoms with Crippen molar-refractivity contribution in [2.45, 2.75) is 20.8 Å². The molecule has 0 radical (unpaired) electrons. The molecule has 0 spiro atoms. The zero-order chi connectivity index (χ0) is 7.33. The molecule has 0 heterocycles. The molecule has 0 aliphatic rings. The van der Waals surface area contributed by atoms with Gasteiger partial charge in [-0.15, -0.1) is 0 Å². The highest BCUT2D eigenvalue weighted by molar-refractivity contribution is 6.16. The van der Waals surface area contributed by atoms with Gasteiger partial charge in [0.05, 0.1) is 19.6 Å². The molecule has 0 aliphatic heterocycles. The smallest absolute Gasteiger partial charge is 0.154 e. The topological polar surface area (TPSA) is 0 Å². The number of hydrogen-bond donors (Lipinski definition) is 0. The van der Waals surface area contributed by atoms with Gasteiger partial charge in [-0.05, 0) is 20.8 Å². The summed E-state index contributed by atoms with van der Waals surface area (Å²) in [5, 5.41) is 0. The first-order chi connectivity index (χ1) is 4.24. The van der Waals surface area contributed by atoms with Gasteiger partial charge in [0.2, 0.25) is 0 Å². The van der Waals surface area contributed by atoms with E-state index in [1.54, 1.807) is 0 Å². The minimum Gasteiger partial charge on any atom is -1.00 e. The van der Waals surface area contributed by atoms with E-state index >= 15 is 0 Å². The van der Waals surface area contributed by atoms with Gasteiger partial charge in [-0.25, -0.2) is 0 Å². The molecule has 3 heteroatoms. The molecular weight excluding hydrogens is 260 g/mol. The van der Waals surface area contributed by atoms with Gasteiger partial charge in [-0.3, -0.25) is 0 Å². The lowest BCUT2D eigenvalue weighted by Crippen LogP contribution is -3.00. The lowest BCUT2D eigenvalue weighted by Gasteiger charge is -2.32. The van der Waals surface area contributed by atoms with Gasteiger partial charge in [0.25, 0.3) is 0 Å². The van der Waals surface area contributed by atoms with Gasteiger partial charge >= 0.3 is 0 Å². The minimum atomic E-state index is 0. The molecule has 64 valence electrons. The molecule has 0 saturated heterocycles. The van der Waals surface area contributed by atoms with Crippen molar-refractivity contribution in [2.75, 3.05) is 25.6 Å². The molecule has 0 aromatic rings. The van der Waals surface area contributed by atoms with Crippen LogP contribution < -0.4 is 24.0 Å². The predicted molar refractivity (Wildman–Crippen MR) is 42.6 cm³/mol. The first-order valence-corrected chi connectivity index (χ1v) is 4.19. The summed E-state index contributed by atoms with van der Waals surface area (Å²) < 4.78 is 1.04. The lowest BCUT2D eigenvalue weighted by atomic mass is 10.4. The third kappa shape index (κ3) is 3.39. The summed E-state index contributed by atoms with van der Waals surface area (Å²) in [7, 11) is 0. The lowest BCUT2D eigenvalue weighted by molar-refractivity contribution is -0.912. The molecular formula is C7H17ClIN. The Balaban J connectivity index is 0. The fourth-order valence-electron chi connectivity index (χ4n) is 0.924. The normalized spacial score (nSPS) is 10.8. The zero-order valence-electron chi connectivity index (χ0n) is 7.03. The number of nitrogens with zero attached hydrogens (tertiary/aromatic N) is 1. The van der Waals surface area contributed by atoms with Gasteiger partial charge in [0.15, 0.2) is 6.00 Å². The Morgan fingerprint density at radius 1 is 1.00 bits per heavy atom. The van der Waals surface area contributed by atoms with Crippen LogP contribution in [-0.2, 0) is 0 Å². The molecule has 0 aliphatic carbocycles. The van der Waals surface area contributed by atoms with E-state index in [0.717, 1.165) is 30.1 Å². The molecule has 0 fully saturated rings. The molecule has 1 nitrogen and oxygen atoms in total. The van der Waals surface area contributed by atoms with Crippen molar-refractivity contribution in [3.63, 3.8) is 0 Å². The SMILES string of the molecule is CC[N+](CC)(CC)CCl.[I-]. The van der Waals surface area contributed by atoms with E-state index in [1.807, 2.05) is 0 Å². The summed E-state index contributed by atoms with van der Waals surface area (Å²) in [5.74, 6) is 0. The number of halogens is 2. The average Bonchev–Trinajstić information content (AvgIpc) is 1.95. The van der Waals surface area contributed by atoms with Gasteiger partial charge in [-0.1, -0.05) is 11.6 Å². The summed E-state index contributed by atoms with van der Waals surface area (Å²) in [6, 6.07) is 0.753. The quantitative estimate of drug-likeness (QED) is 0.269. The Labute approximate surface area is 86.3 Å². The summed E-state index contributed by atoms with van der Waals surface area (Å²) >= 11 is 5.80. The molecule has 0 unspecified atom stereocenters. The largest absolute Gasteiger partial charge is 1.00 e. The zero-order valence-corrected chi connectivity index (χ0v) is 9.94. The van der Waals surface area contributed by atoms with Gasteiger partial charge in [0.1, 0.15) is 0 Å². The van der Waals surface area contributed by atoms with Crippen molar-refractivity contribution in [2.24, 2.45) is 0 Å². The molecule has 0 aromatic carbocycles. The van der Waals surface area contributed by atoms with Crippen molar-refractivity contribution in [1.29, 1.82) is 0 Å².